The number of anilines is 9. The highest BCUT2D eigenvalue weighted by Gasteiger charge is 2.17. The number of nitrogens with two attached hydrogens (primary N) is 3. The molecule has 0 aromatic carbocycles. The lowest BCUT2D eigenvalue weighted by Crippen LogP contribution is -2.36. The van der Waals surface area contributed by atoms with Crippen LogP contribution in [0.15, 0.2) is 36.8 Å². The average molecular weight is 785 g/mol. The molecular formula is C38H64N12O6. The molecule has 3 aromatic heterocycles. The van der Waals surface area contributed by atoms with Crippen molar-refractivity contribution >= 4 is 51.6 Å². The number of rotatable bonds is 15. The van der Waals surface area contributed by atoms with Crippen LogP contribution in [0.25, 0.3) is 0 Å². The Morgan fingerprint density at radius 2 is 0.911 bits per heavy atom. The Kier molecular flexibility index (Phi) is 19.0. The Morgan fingerprint density at radius 3 is 1.25 bits per heavy atom. The smallest absolute Gasteiger partial charge is 0.130 e. The zero-order valence-electron chi connectivity index (χ0n) is 33.8. The van der Waals surface area contributed by atoms with Crippen molar-refractivity contribution in [1.29, 1.82) is 0 Å². The van der Waals surface area contributed by atoms with E-state index < -0.39 is 0 Å². The van der Waals surface area contributed by atoms with Crippen LogP contribution in [-0.2, 0) is 28.4 Å². The second-order valence-corrected chi connectivity index (χ2v) is 13.6. The van der Waals surface area contributed by atoms with E-state index in [1.807, 2.05) is 18.2 Å². The van der Waals surface area contributed by atoms with E-state index in [0.717, 1.165) is 120 Å². The van der Waals surface area contributed by atoms with E-state index in [1.165, 1.54) is 0 Å². The summed E-state index contributed by atoms with van der Waals surface area (Å²) in [5, 5.41) is 9.93. The van der Waals surface area contributed by atoms with E-state index in [1.54, 1.807) is 39.9 Å². The molecule has 3 saturated heterocycles. The molecule has 0 amide bonds. The highest BCUT2D eigenvalue weighted by Crippen LogP contribution is 2.26. The molecule has 3 aromatic rings. The van der Waals surface area contributed by atoms with Gasteiger partial charge in [-0.05, 0) is 13.8 Å². The van der Waals surface area contributed by atoms with E-state index in [-0.39, 0.29) is 12.1 Å². The molecule has 0 saturated carbocycles. The van der Waals surface area contributed by atoms with Gasteiger partial charge in [-0.3, -0.25) is 0 Å². The summed E-state index contributed by atoms with van der Waals surface area (Å²) in [6, 6.07) is 6.37. The molecule has 0 spiro atoms. The predicted molar refractivity (Wildman–Crippen MR) is 225 cm³/mol. The van der Waals surface area contributed by atoms with Crippen LogP contribution >= 0.6 is 0 Å². The summed E-state index contributed by atoms with van der Waals surface area (Å²) in [5.74, 6) is 2.81. The molecule has 2 atom stereocenters. The zero-order valence-corrected chi connectivity index (χ0v) is 33.8. The van der Waals surface area contributed by atoms with Crippen LogP contribution in [0.1, 0.15) is 13.8 Å². The Bertz CT molecular complexity index is 1480. The lowest BCUT2D eigenvalue weighted by molar-refractivity contribution is 0.122. The second kappa shape index (κ2) is 24.1. The van der Waals surface area contributed by atoms with Crippen LogP contribution in [0, 0.1) is 0 Å². The van der Waals surface area contributed by atoms with E-state index in [9.17, 15) is 0 Å². The molecule has 3 aliphatic rings. The molecule has 312 valence electrons. The first-order chi connectivity index (χ1) is 27.2. The fraction of sp³-hybridized carbons (Fsp3) is 0.605. The van der Waals surface area contributed by atoms with Gasteiger partial charge in [0.05, 0.1) is 112 Å². The maximum Gasteiger partial charge on any atom is 0.130 e. The first-order valence-corrected chi connectivity index (χ1v) is 19.2. The number of nitrogen functional groups attached to an aromatic ring is 3. The van der Waals surface area contributed by atoms with Crippen LogP contribution < -0.4 is 47.9 Å². The number of ether oxygens (including phenoxy) is 6. The third kappa shape index (κ3) is 14.5. The Morgan fingerprint density at radius 1 is 0.571 bits per heavy atom. The van der Waals surface area contributed by atoms with Gasteiger partial charge in [0.25, 0.3) is 0 Å². The van der Waals surface area contributed by atoms with Gasteiger partial charge < -0.3 is 76.3 Å². The van der Waals surface area contributed by atoms with Gasteiger partial charge in [-0.1, -0.05) is 0 Å². The maximum atomic E-state index is 5.95. The molecule has 0 aliphatic carbocycles. The van der Waals surface area contributed by atoms with Gasteiger partial charge in [-0.15, -0.1) is 0 Å². The summed E-state index contributed by atoms with van der Waals surface area (Å²) in [5.41, 5.74) is 22.5. The molecule has 9 N–H and O–H groups in total. The fourth-order valence-corrected chi connectivity index (χ4v) is 6.07. The Hall–Kier alpha value is -4.59. The number of hydrogen-bond donors (Lipinski definition) is 6. The molecule has 6 heterocycles. The van der Waals surface area contributed by atoms with Crippen LogP contribution in [0.3, 0.4) is 0 Å². The largest absolute Gasteiger partial charge is 0.396 e. The molecule has 3 fully saturated rings. The monoisotopic (exact) mass is 785 g/mol. The molecule has 6 rings (SSSR count). The minimum Gasteiger partial charge on any atom is -0.396 e. The molecule has 56 heavy (non-hydrogen) atoms. The number of morpholine rings is 3. The number of hydrogen-bond acceptors (Lipinski definition) is 18. The quantitative estimate of drug-likeness (QED) is 0.122. The minimum absolute atomic E-state index is 0.201. The Balaban J connectivity index is 0.000000187. The van der Waals surface area contributed by atoms with Crippen molar-refractivity contribution in [3.05, 3.63) is 36.8 Å². The van der Waals surface area contributed by atoms with Gasteiger partial charge in [0, 0.05) is 97.4 Å². The highest BCUT2D eigenvalue weighted by atomic mass is 16.5. The van der Waals surface area contributed by atoms with Crippen molar-refractivity contribution in [3.8, 4) is 0 Å². The highest BCUT2D eigenvalue weighted by molar-refractivity contribution is 5.71. The molecule has 18 heteroatoms. The summed E-state index contributed by atoms with van der Waals surface area (Å²) < 4.78 is 31.3. The minimum atomic E-state index is 0.201. The van der Waals surface area contributed by atoms with Crippen LogP contribution in [-0.4, -0.2) is 154 Å². The second-order valence-electron chi connectivity index (χ2n) is 13.6. The summed E-state index contributed by atoms with van der Waals surface area (Å²) in [7, 11) is 5.05. The topological polar surface area (TPSA) is 218 Å². The van der Waals surface area contributed by atoms with Gasteiger partial charge in [-0.25, -0.2) is 15.0 Å². The number of methoxy groups -OCH3 is 3. The van der Waals surface area contributed by atoms with E-state index in [2.05, 4.69) is 59.4 Å². The first-order valence-electron chi connectivity index (χ1n) is 19.2. The third-order valence-electron chi connectivity index (χ3n) is 9.03. The van der Waals surface area contributed by atoms with Gasteiger partial charge in [0.1, 0.15) is 17.5 Å². The summed E-state index contributed by atoms with van der Waals surface area (Å²) >= 11 is 0. The standard InChI is InChI=1S/2C13H22N4O2.C12H20N4O2/c2*1-10(9-18-2)16-12-7-13(15-8-11(12)14)17-3-5-19-6-4-17;1-17-5-2-14-11-8-12(15-9-10(11)13)16-3-6-18-7-4-16/h2*7-8,10H,3-6,9,14H2,1-2H3,(H,15,16);8-9H,2-7,13H2,1H3,(H,14,15)/t10-;;/m1../s1. The molecule has 3 aliphatic heterocycles. The number of nitrogens with one attached hydrogen (secondary N) is 3. The number of nitrogens with zero attached hydrogens (tertiary/aromatic N) is 6. The molecule has 0 bridgehead atoms. The van der Waals surface area contributed by atoms with Crippen molar-refractivity contribution in [2.45, 2.75) is 25.9 Å². The summed E-state index contributed by atoms with van der Waals surface area (Å²) in [6.45, 7) is 16.4. The van der Waals surface area contributed by atoms with Crippen molar-refractivity contribution in [3.63, 3.8) is 0 Å². The number of pyridine rings is 3. The number of aromatic nitrogens is 3. The van der Waals surface area contributed by atoms with Crippen LogP contribution in [0.4, 0.5) is 51.6 Å². The van der Waals surface area contributed by atoms with Crippen LogP contribution in [0.2, 0.25) is 0 Å². The molecular weight excluding hydrogens is 720 g/mol. The molecule has 0 radical (unpaired) electrons. The fourth-order valence-electron chi connectivity index (χ4n) is 6.07. The third-order valence-corrected chi connectivity index (χ3v) is 9.03. The van der Waals surface area contributed by atoms with Gasteiger partial charge in [0.15, 0.2) is 0 Å². The SMILES string of the molecule is COCC(C)Nc1cc(N2CCOCC2)ncc1N.COCCNc1cc(N2CCOCC2)ncc1N.COC[C@@H](C)Nc1cc(N2CCOCC2)ncc1N. The van der Waals surface area contributed by atoms with Crippen molar-refractivity contribution in [2.24, 2.45) is 0 Å². The van der Waals surface area contributed by atoms with Crippen molar-refractivity contribution in [1.82, 2.24) is 15.0 Å². The van der Waals surface area contributed by atoms with Gasteiger partial charge in [0.2, 0.25) is 0 Å². The van der Waals surface area contributed by atoms with E-state index in [0.29, 0.717) is 36.9 Å². The van der Waals surface area contributed by atoms with Crippen molar-refractivity contribution in [2.75, 3.05) is 174 Å². The lowest BCUT2D eigenvalue weighted by Gasteiger charge is -2.28. The van der Waals surface area contributed by atoms with Crippen LogP contribution in [0.5, 0.6) is 0 Å². The Labute approximate surface area is 331 Å². The summed E-state index contributed by atoms with van der Waals surface area (Å²) in [6.07, 6.45) is 5.10. The normalized spacial score (nSPS) is 16.8. The zero-order chi connectivity index (χ0) is 40.1. The van der Waals surface area contributed by atoms with Gasteiger partial charge in [-0.2, -0.15) is 0 Å². The summed E-state index contributed by atoms with van der Waals surface area (Å²) in [4.78, 5) is 19.8. The maximum absolute atomic E-state index is 5.95. The molecule has 1 unspecified atom stereocenters. The van der Waals surface area contributed by atoms with E-state index >= 15 is 0 Å². The predicted octanol–water partition coefficient (Wildman–Crippen LogP) is 2.45. The molecule has 18 nitrogen and oxygen atoms in total. The van der Waals surface area contributed by atoms with E-state index in [4.69, 9.17) is 45.6 Å². The lowest BCUT2D eigenvalue weighted by atomic mass is 10.2. The van der Waals surface area contributed by atoms with Crippen molar-refractivity contribution < 1.29 is 28.4 Å². The average Bonchev–Trinajstić information content (AvgIpc) is 3.22. The van der Waals surface area contributed by atoms with Gasteiger partial charge >= 0.3 is 0 Å². The first kappa shape index (κ1) is 44.1.